The fourth-order valence-electron chi connectivity index (χ4n) is 2.77. The van der Waals surface area contributed by atoms with E-state index in [9.17, 15) is 9.18 Å². The molecule has 7 nitrogen and oxygen atoms in total. The van der Waals surface area contributed by atoms with Crippen LogP contribution in [0.5, 0.6) is 0 Å². The van der Waals surface area contributed by atoms with Crippen LogP contribution in [0.4, 0.5) is 10.1 Å². The van der Waals surface area contributed by atoms with E-state index < -0.39 is 11.7 Å². The number of anilines is 1. The van der Waals surface area contributed by atoms with Crippen molar-refractivity contribution in [3.63, 3.8) is 0 Å². The van der Waals surface area contributed by atoms with Crippen molar-refractivity contribution in [1.82, 2.24) is 20.2 Å². The largest absolute Gasteiger partial charge is 0.465 e. The van der Waals surface area contributed by atoms with Gasteiger partial charge in [-0.3, -0.25) is 4.79 Å². The maximum absolute atomic E-state index is 14.2. The van der Waals surface area contributed by atoms with E-state index in [0.717, 1.165) is 11.1 Å². The molecule has 29 heavy (non-hydrogen) atoms. The van der Waals surface area contributed by atoms with Gasteiger partial charge >= 0.3 is 0 Å². The molecule has 0 atom stereocenters. The van der Waals surface area contributed by atoms with Gasteiger partial charge in [0.2, 0.25) is 0 Å². The molecule has 0 aliphatic carbocycles. The van der Waals surface area contributed by atoms with Crippen molar-refractivity contribution in [3.05, 3.63) is 84.1 Å². The van der Waals surface area contributed by atoms with E-state index in [4.69, 9.17) is 4.42 Å². The van der Waals surface area contributed by atoms with Gasteiger partial charge in [-0.2, -0.15) is 4.68 Å². The number of carbonyl (C=O) groups excluding carboxylic acids is 1. The Labute approximate surface area is 165 Å². The number of aryl methyl sites for hydroxylation is 1. The van der Waals surface area contributed by atoms with Crippen molar-refractivity contribution in [3.8, 4) is 11.4 Å². The van der Waals surface area contributed by atoms with Crippen LogP contribution in [0.25, 0.3) is 23.2 Å². The number of hydrogen-bond acceptors (Lipinski definition) is 5. The summed E-state index contributed by atoms with van der Waals surface area (Å²) in [6.07, 6.45) is 2.98. The van der Waals surface area contributed by atoms with Crippen LogP contribution in [0.15, 0.2) is 71.3 Å². The van der Waals surface area contributed by atoms with Gasteiger partial charge in [0, 0.05) is 11.6 Å². The fourth-order valence-corrected chi connectivity index (χ4v) is 2.77. The van der Waals surface area contributed by atoms with Gasteiger partial charge in [0.25, 0.3) is 5.91 Å². The monoisotopic (exact) mass is 389 g/mol. The number of aromatic nitrogens is 4. The molecule has 0 spiro atoms. The minimum atomic E-state index is -0.588. The van der Waals surface area contributed by atoms with E-state index in [1.54, 1.807) is 24.3 Å². The summed E-state index contributed by atoms with van der Waals surface area (Å²) < 4.78 is 20.8. The number of hydrogen-bond donors (Lipinski definition) is 1. The summed E-state index contributed by atoms with van der Waals surface area (Å²) in [5, 5.41) is 14.3. The lowest BCUT2D eigenvalue weighted by molar-refractivity contribution is -0.111. The van der Waals surface area contributed by atoms with Crippen molar-refractivity contribution in [2.45, 2.75) is 6.92 Å². The number of tetrazole rings is 1. The lowest BCUT2D eigenvalue weighted by atomic mass is 10.2. The Morgan fingerprint density at radius 3 is 2.72 bits per heavy atom. The first kappa shape index (κ1) is 18.3. The first-order chi connectivity index (χ1) is 14.1. The molecule has 1 N–H and O–H groups in total. The number of benzene rings is 2. The summed E-state index contributed by atoms with van der Waals surface area (Å²) in [6.45, 7) is 1.81. The van der Waals surface area contributed by atoms with Crippen LogP contribution < -0.4 is 5.32 Å². The summed E-state index contributed by atoms with van der Waals surface area (Å²) >= 11 is 0. The molecule has 4 aromatic rings. The van der Waals surface area contributed by atoms with E-state index in [-0.39, 0.29) is 11.4 Å². The smallest absolute Gasteiger partial charge is 0.274 e. The van der Waals surface area contributed by atoms with E-state index >= 15 is 0 Å². The Hall–Kier alpha value is -4.07. The van der Waals surface area contributed by atoms with Gasteiger partial charge in [-0.15, -0.1) is 5.10 Å². The van der Waals surface area contributed by atoms with Gasteiger partial charge < -0.3 is 9.73 Å². The first-order valence-corrected chi connectivity index (χ1v) is 8.79. The predicted octanol–water partition coefficient (Wildman–Crippen LogP) is 4.02. The van der Waals surface area contributed by atoms with Crippen molar-refractivity contribution in [1.29, 1.82) is 0 Å². The minimum Gasteiger partial charge on any atom is -0.465 e. The normalized spacial score (nSPS) is 11.4. The molecule has 1 amide bonds. The minimum absolute atomic E-state index is 0.0645. The van der Waals surface area contributed by atoms with Crippen LogP contribution in [-0.2, 0) is 4.79 Å². The highest BCUT2D eigenvalue weighted by molar-refractivity contribution is 6.24. The van der Waals surface area contributed by atoms with Crippen LogP contribution in [0.1, 0.15) is 11.3 Å². The highest BCUT2D eigenvalue weighted by atomic mass is 19.1. The maximum atomic E-state index is 14.2. The second-order valence-electron chi connectivity index (χ2n) is 6.26. The summed E-state index contributed by atoms with van der Waals surface area (Å²) in [6, 6.07) is 17.0. The SMILES string of the molecule is Cc1ccc(F)c(NC(=O)/C(=C/c2ccco2)n2nnnc2-c2ccccc2)c1. The molecule has 0 saturated carbocycles. The molecule has 2 aromatic heterocycles. The van der Waals surface area contributed by atoms with E-state index in [1.165, 1.54) is 23.1 Å². The Morgan fingerprint density at radius 2 is 1.97 bits per heavy atom. The second-order valence-corrected chi connectivity index (χ2v) is 6.26. The van der Waals surface area contributed by atoms with Gasteiger partial charge in [0.1, 0.15) is 17.3 Å². The quantitative estimate of drug-likeness (QED) is 0.521. The standard InChI is InChI=1S/C21H16FN5O2/c1-14-9-10-17(22)18(12-14)23-21(28)19(13-16-8-5-11-29-16)27-20(24-25-26-27)15-6-3-2-4-7-15/h2-13H,1H3,(H,23,28)/b19-13-. The van der Waals surface area contributed by atoms with E-state index in [1.807, 2.05) is 37.3 Å². The molecule has 0 fully saturated rings. The fraction of sp³-hybridized carbons (Fsp3) is 0.0476. The third kappa shape index (κ3) is 3.96. The van der Waals surface area contributed by atoms with Crippen LogP contribution in [0.2, 0.25) is 0 Å². The van der Waals surface area contributed by atoms with Crippen LogP contribution in [0.3, 0.4) is 0 Å². The third-order valence-electron chi connectivity index (χ3n) is 4.15. The van der Waals surface area contributed by atoms with Crippen molar-refractivity contribution < 1.29 is 13.6 Å². The zero-order chi connectivity index (χ0) is 20.2. The molecule has 0 aliphatic rings. The van der Waals surface area contributed by atoms with Crippen molar-refractivity contribution >= 4 is 23.4 Å². The zero-order valence-corrected chi connectivity index (χ0v) is 15.4. The molecule has 0 saturated heterocycles. The highest BCUT2D eigenvalue weighted by Gasteiger charge is 2.21. The van der Waals surface area contributed by atoms with Gasteiger partial charge in [-0.1, -0.05) is 36.4 Å². The lowest BCUT2D eigenvalue weighted by Gasteiger charge is -2.11. The third-order valence-corrected chi connectivity index (χ3v) is 4.15. The average molecular weight is 389 g/mol. The summed E-state index contributed by atoms with van der Waals surface area (Å²) in [4.78, 5) is 13.1. The molecule has 0 radical (unpaired) electrons. The molecule has 8 heteroatoms. The Morgan fingerprint density at radius 1 is 1.14 bits per heavy atom. The molecule has 4 rings (SSSR count). The number of amides is 1. The van der Waals surface area contributed by atoms with Crippen LogP contribution >= 0.6 is 0 Å². The molecule has 144 valence electrons. The van der Waals surface area contributed by atoms with Gasteiger partial charge in [-0.05, 0) is 47.2 Å². The number of nitrogens with one attached hydrogen (secondary N) is 1. The molecular weight excluding hydrogens is 373 g/mol. The van der Waals surface area contributed by atoms with Crippen molar-refractivity contribution in [2.24, 2.45) is 0 Å². The van der Waals surface area contributed by atoms with E-state index in [2.05, 4.69) is 20.8 Å². The maximum Gasteiger partial charge on any atom is 0.274 e. The molecule has 0 aliphatic heterocycles. The number of nitrogens with zero attached hydrogens (tertiary/aromatic N) is 4. The molecule has 2 heterocycles. The van der Waals surface area contributed by atoms with Crippen LogP contribution in [0, 0.1) is 12.7 Å². The molecular formula is C21H16FN5O2. The molecule has 0 unspecified atom stereocenters. The Kier molecular flexibility index (Phi) is 4.98. The summed E-state index contributed by atoms with van der Waals surface area (Å²) in [7, 11) is 0. The number of halogens is 1. The zero-order valence-electron chi connectivity index (χ0n) is 15.4. The first-order valence-electron chi connectivity index (χ1n) is 8.79. The van der Waals surface area contributed by atoms with Gasteiger partial charge in [-0.25, -0.2) is 4.39 Å². The predicted molar refractivity (Wildman–Crippen MR) is 106 cm³/mol. The van der Waals surface area contributed by atoms with Crippen molar-refractivity contribution in [2.75, 3.05) is 5.32 Å². The molecule has 0 bridgehead atoms. The second kappa shape index (κ2) is 7.89. The topological polar surface area (TPSA) is 85.8 Å². The number of furan rings is 1. The Balaban J connectivity index is 1.77. The highest BCUT2D eigenvalue weighted by Crippen LogP contribution is 2.23. The molecule has 2 aromatic carbocycles. The van der Waals surface area contributed by atoms with E-state index in [0.29, 0.717) is 11.6 Å². The lowest BCUT2D eigenvalue weighted by Crippen LogP contribution is -2.20. The summed E-state index contributed by atoms with van der Waals surface area (Å²) in [5.41, 5.74) is 1.67. The van der Waals surface area contributed by atoms with Gasteiger partial charge in [0.05, 0.1) is 12.0 Å². The number of rotatable bonds is 5. The number of carbonyl (C=O) groups is 1. The summed E-state index contributed by atoms with van der Waals surface area (Å²) in [5.74, 6) is -0.339. The van der Waals surface area contributed by atoms with Gasteiger partial charge in [0.15, 0.2) is 5.82 Å². The average Bonchev–Trinajstić information content (AvgIpc) is 3.41. The Bertz CT molecular complexity index is 1170. The van der Waals surface area contributed by atoms with Crippen LogP contribution in [-0.4, -0.2) is 26.1 Å².